The van der Waals surface area contributed by atoms with Crippen LogP contribution < -0.4 is 4.73 Å². The zero-order valence-corrected chi connectivity index (χ0v) is 15.4. The molecule has 0 aromatic carbocycles. The van der Waals surface area contributed by atoms with Gasteiger partial charge in [-0.1, -0.05) is 27.7 Å². The van der Waals surface area contributed by atoms with Crippen molar-refractivity contribution in [3.05, 3.63) is 33.8 Å². The van der Waals surface area contributed by atoms with Crippen LogP contribution in [0.4, 0.5) is 0 Å². The molecule has 2 nitrogen and oxygen atoms in total. The summed E-state index contributed by atoms with van der Waals surface area (Å²) in [4.78, 5) is 0. The fourth-order valence-corrected chi connectivity index (χ4v) is 7.20. The Balaban J connectivity index is 1.85. The molecule has 4 bridgehead atoms. The van der Waals surface area contributed by atoms with Gasteiger partial charge in [0.25, 0.3) is 0 Å². The van der Waals surface area contributed by atoms with Crippen molar-refractivity contribution in [3.63, 3.8) is 0 Å². The van der Waals surface area contributed by atoms with Gasteiger partial charge in [0, 0.05) is 11.1 Å². The molecule has 0 saturated heterocycles. The fraction of sp³-hybridized carbons (Fsp3) is 0.762. The third-order valence-corrected chi connectivity index (χ3v) is 9.51. The molecule has 2 saturated carbocycles. The Labute approximate surface area is 139 Å². The Hall–Kier alpha value is -1.05. The second-order valence-electron chi connectivity index (χ2n) is 10.3. The van der Waals surface area contributed by atoms with E-state index in [1.165, 1.54) is 41.5 Å². The van der Waals surface area contributed by atoms with Crippen molar-refractivity contribution in [2.24, 2.45) is 10.8 Å². The number of fused-ring (bicyclic) bond motifs is 10. The Morgan fingerprint density at radius 2 is 1.22 bits per heavy atom. The van der Waals surface area contributed by atoms with Gasteiger partial charge in [-0.05, 0) is 68.3 Å². The van der Waals surface area contributed by atoms with E-state index in [0.717, 1.165) is 11.4 Å². The molecule has 4 aliphatic rings. The molecule has 0 radical (unpaired) electrons. The molecule has 2 heteroatoms. The van der Waals surface area contributed by atoms with Gasteiger partial charge in [0.2, 0.25) is 11.4 Å². The van der Waals surface area contributed by atoms with Crippen molar-refractivity contribution in [2.45, 2.75) is 89.9 Å². The molecule has 124 valence electrons. The van der Waals surface area contributed by atoms with Crippen LogP contribution in [0.2, 0.25) is 0 Å². The molecule has 4 aliphatic carbocycles. The lowest BCUT2D eigenvalue weighted by Gasteiger charge is -2.35. The van der Waals surface area contributed by atoms with Crippen molar-refractivity contribution in [2.75, 3.05) is 0 Å². The molecule has 5 rings (SSSR count). The Morgan fingerprint density at radius 1 is 0.826 bits per heavy atom. The summed E-state index contributed by atoms with van der Waals surface area (Å²) in [5.74, 6) is 1.14. The smallest absolute Gasteiger partial charge is 0.202 e. The highest BCUT2D eigenvalue weighted by Crippen LogP contribution is 2.71. The van der Waals surface area contributed by atoms with E-state index in [0.29, 0.717) is 11.8 Å². The number of hydrogen-bond acceptors (Lipinski definition) is 1. The number of rotatable bonds is 0. The summed E-state index contributed by atoms with van der Waals surface area (Å²) in [7, 11) is 0. The third kappa shape index (κ3) is 1.15. The zero-order chi connectivity index (χ0) is 16.6. The van der Waals surface area contributed by atoms with Crippen molar-refractivity contribution in [3.8, 4) is 0 Å². The van der Waals surface area contributed by atoms with E-state index < -0.39 is 0 Å². The normalized spacial score (nSPS) is 43.7. The van der Waals surface area contributed by atoms with E-state index in [2.05, 4.69) is 47.6 Å². The van der Waals surface area contributed by atoms with Gasteiger partial charge in [-0.3, -0.25) is 0 Å². The van der Waals surface area contributed by atoms with Crippen molar-refractivity contribution in [1.82, 2.24) is 0 Å². The molecule has 23 heavy (non-hydrogen) atoms. The standard InChI is InChI=1S/C21H29NO/c1-18(2)14-7-9-20(18,5)16-12(14)11-13-15-8-10-21(6,19(15,3)4)17(13)22(16)23/h11,14-15H,7-10H2,1-6H3/t14-,15-,20+,21+/m1/s1. The molecule has 1 heterocycles. The molecule has 0 spiro atoms. The molecular weight excluding hydrogens is 282 g/mol. The lowest BCUT2D eigenvalue weighted by Crippen LogP contribution is -2.50. The van der Waals surface area contributed by atoms with E-state index in [9.17, 15) is 5.21 Å². The highest BCUT2D eigenvalue weighted by molar-refractivity contribution is 5.51. The van der Waals surface area contributed by atoms with Gasteiger partial charge >= 0.3 is 0 Å². The molecule has 0 aliphatic heterocycles. The summed E-state index contributed by atoms with van der Waals surface area (Å²) in [6.07, 6.45) is 4.84. The van der Waals surface area contributed by atoms with Gasteiger partial charge in [-0.2, -0.15) is 4.73 Å². The highest BCUT2D eigenvalue weighted by Gasteiger charge is 2.69. The fourth-order valence-electron chi connectivity index (χ4n) is 7.20. The van der Waals surface area contributed by atoms with Crippen LogP contribution in [0.3, 0.4) is 0 Å². The Kier molecular flexibility index (Phi) is 2.16. The lowest BCUT2D eigenvalue weighted by atomic mass is 9.69. The number of hydrogen-bond donors (Lipinski definition) is 0. The summed E-state index contributed by atoms with van der Waals surface area (Å²) in [5.41, 5.74) is 5.56. The van der Waals surface area contributed by atoms with Gasteiger partial charge in [-0.15, -0.1) is 0 Å². The first kappa shape index (κ1) is 14.3. The minimum atomic E-state index is 0.0477. The second kappa shape index (κ2) is 3.48. The molecule has 2 fully saturated rings. The van der Waals surface area contributed by atoms with E-state index in [1.807, 2.05) is 0 Å². The topological polar surface area (TPSA) is 26.9 Å². The average molecular weight is 311 g/mol. The molecule has 1 aromatic rings. The SMILES string of the molecule is CC1(C)[C@@H]2CC[C@@]1(C)c1c2cc2c([n+]1[O-])[C@]1(C)CC[C@H]2C1(C)C. The number of pyridine rings is 1. The maximum Gasteiger partial charge on any atom is 0.202 e. The van der Waals surface area contributed by atoms with Crippen LogP contribution in [0.25, 0.3) is 0 Å². The van der Waals surface area contributed by atoms with Gasteiger partial charge < -0.3 is 5.21 Å². The number of aromatic nitrogens is 1. The van der Waals surface area contributed by atoms with Crippen molar-refractivity contribution < 1.29 is 4.73 Å². The summed E-state index contributed by atoms with van der Waals surface area (Å²) in [5, 5.41) is 13.6. The zero-order valence-electron chi connectivity index (χ0n) is 15.4. The van der Waals surface area contributed by atoms with Crippen molar-refractivity contribution >= 4 is 0 Å². The lowest BCUT2D eigenvalue weighted by molar-refractivity contribution is -0.631. The van der Waals surface area contributed by atoms with Crippen LogP contribution in [0.1, 0.15) is 102 Å². The highest BCUT2D eigenvalue weighted by atomic mass is 16.5. The number of nitrogens with zero attached hydrogens (tertiary/aromatic N) is 1. The summed E-state index contributed by atoms with van der Waals surface area (Å²) in [6.45, 7) is 14.2. The summed E-state index contributed by atoms with van der Waals surface area (Å²) < 4.78 is 1.44. The molecular formula is C21H29NO. The summed E-state index contributed by atoms with van der Waals surface area (Å²) >= 11 is 0. The van der Waals surface area contributed by atoms with Crippen LogP contribution in [0, 0.1) is 16.0 Å². The van der Waals surface area contributed by atoms with Crippen LogP contribution in [0.15, 0.2) is 6.07 Å². The first-order valence-electron chi connectivity index (χ1n) is 9.39. The predicted molar refractivity (Wildman–Crippen MR) is 91.6 cm³/mol. The maximum atomic E-state index is 13.6. The first-order chi connectivity index (χ1) is 10.6. The van der Waals surface area contributed by atoms with Gasteiger partial charge in [0.1, 0.15) is 0 Å². The quantitative estimate of drug-likeness (QED) is 0.505. The van der Waals surface area contributed by atoms with E-state index >= 15 is 0 Å². The maximum absolute atomic E-state index is 13.6. The minimum Gasteiger partial charge on any atom is -0.618 e. The monoisotopic (exact) mass is 311 g/mol. The van der Waals surface area contributed by atoms with Crippen molar-refractivity contribution in [1.29, 1.82) is 0 Å². The predicted octanol–water partition coefficient (Wildman–Crippen LogP) is 4.67. The van der Waals surface area contributed by atoms with Gasteiger partial charge in [0.15, 0.2) is 0 Å². The molecule has 0 amide bonds. The summed E-state index contributed by atoms with van der Waals surface area (Å²) in [6, 6.07) is 2.48. The minimum absolute atomic E-state index is 0.0477. The van der Waals surface area contributed by atoms with Gasteiger partial charge in [-0.25, -0.2) is 0 Å². The third-order valence-electron chi connectivity index (χ3n) is 9.51. The average Bonchev–Trinajstić information content (AvgIpc) is 2.94. The van der Waals surface area contributed by atoms with Crippen LogP contribution in [-0.4, -0.2) is 0 Å². The molecule has 4 atom stereocenters. The van der Waals surface area contributed by atoms with Crippen LogP contribution in [-0.2, 0) is 10.8 Å². The largest absolute Gasteiger partial charge is 0.618 e. The van der Waals surface area contributed by atoms with Crippen LogP contribution in [0.5, 0.6) is 0 Å². The van der Waals surface area contributed by atoms with E-state index in [4.69, 9.17) is 0 Å². The van der Waals surface area contributed by atoms with Crippen LogP contribution >= 0.6 is 0 Å². The molecule has 0 unspecified atom stereocenters. The Morgan fingerprint density at radius 3 is 1.61 bits per heavy atom. The first-order valence-corrected chi connectivity index (χ1v) is 9.39. The van der Waals surface area contributed by atoms with E-state index in [-0.39, 0.29) is 21.7 Å². The van der Waals surface area contributed by atoms with Gasteiger partial charge in [0.05, 0.1) is 10.8 Å². The molecule has 1 aromatic heterocycles. The molecule has 0 N–H and O–H groups in total. The van der Waals surface area contributed by atoms with E-state index in [1.54, 1.807) is 0 Å². The second-order valence-corrected chi connectivity index (χ2v) is 10.3. The Bertz CT molecular complexity index is 701.